The van der Waals surface area contributed by atoms with Crippen LogP contribution in [0.4, 0.5) is 4.39 Å². The molecule has 4 rings (SSSR count). The number of pyridine rings is 1. The highest BCUT2D eigenvalue weighted by atomic mass is 19.1. The summed E-state index contributed by atoms with van der Waals surface area (Å²) >= 11 is 0. The van der Waals surface area contributed by atoms with E-state index >= 15 is 0 Å². The Hall–Kier alpha value is -3.07. The van der Waals surface area contributed by atoms with Crippen LogP contribution >= 0.6 is 0 Å². The van der Waals surface area contributed by atoms with Gasteiger partial charge in [-0.3, -0.25) is 9.55 Å². The number of fused-ring (bicyclic) bond motifs is 3. The van der Waals surface area contributed by atoms with Crippen molar-refractivity contribution < 1.29 is 4.39 Å². The van der Waals surface area contributed by atoms with Crippen molar-refractivity contribution in [2.24, 2.45) is 0 Å². The van der Waals surface area contributed by atoms with Crippen LogP contribution in [-0.2, 0) is 12.8 Å². The van der Waals surface area contributed by atoms with Crippen molar-refractivity contribution in [2.45, 2.75) is 19.8 Å². The number of aromatic nitrogens is 4. The highest BCUT2D eigenvalue weighted by Gasteiger charge is 2.22. The lowest BCUT2D eigenvalue weighted by Gasteiger charge is -2.20. The van der Waals surface area contributed by atoms with Gasteiger partial charge in [0.25, 0.3) is 0 Å². The lowest BCUT2D eigenvalue weighted by molar-refractivity contribution is 0.625. The van der Waals surface area contributed by atoms with E-state index in [1.54, 1.807) is 12.3 Å². The van der Waals surface area contributed by atoms with Gasteiger partial charge in [0.1, 0.15) is 23.5 Å². The van der Waals surface area contributed by atoms with Crippen LogP contribution in [0, 0.1) is 24.1 Å². The summed E-state index contributed by atoms with van der Waals surface area (Å²) in [5, 5.41) is 17.2. The minimum Gasteiger partial charge on any atom is -0.283 e. The third kappa shape index (κ3) is 2.09. The van der Waals surface area contributed by atoms with Gasteiger partial charge in [0, 0.05) is 29.9 Å². The maximum Gasteiger partial charge on any atom is 0.137 e. The SMILES string of the molecule is Cc1nnc2n1-c1cc(F)c(-c3cncc(C#N)c3)cc1CC2. The first-order chi connectivity index (χ1) is 11.2. The summed E-state index contributed by atoms with van der Waals surface area (Å²) in [7, 11) is 0. The van der Waals surface area contributed by atoms with E-state index in [4.69, 9.17) is 5.26 Å². The molecule has 0 spiro atoms. The fourth-order valence-electron chi connectivity index (χ4n) is 3.01. The van der Waals surface area contributed by atoms with E-state index < -0.39 is 0 Å². The van der Waals surface area contributed by atoms with Crippen LogP contribution in [0.1, 0.15) is 22.8 Å². The van der Waals surface area contributed by atoms with Gasteiger partial charge >= 0.3 is 0 Å². The minimum atomic E-state index is -0.346. The summed E-state index contributed by atoms with van der Waals surface area (Å²) in [5.41, 5.74) is 3.31. The van der Waals surface area contributed by atoms with Crippen molar-refractivity contribution in [2.75, 3.05) is 0 Å². The molecule has 1 aliphatic rings. The van der Waals surface area contributed by atoms with Gasteiger partial charge in [-0.2, -0.15) is 5.26 Å². The molecule has 6 heteroatoms. The van der Waals surface area contributed by atoms with Crippen LogP contribution in [-0.4, -0.2) is 19.7 Å². The topological polar surface area (TPSA) is 67.4 Å². The largest absolute Gasteiger partial charge is 0.283 e. The number of halogens is 1. The Morgan fingerprint density at radius 1 is 1.17 bits per heavy atom. The molecule has 2 aromatic heterocycles. The summed E-state index contributed by atoms with van der Waals surface area (Å²) < 4.78 is 16.6. The van der Waals surface area contributed by atoms with Gasteiger partial charge in [-0.25, -0.2) is 4.39 Å². The Morgan fingerprint density at radius 2 is 2.04 bits per heavy atom. The molecule has 112 valence electrons. The lowest BCUT2D eigenvalue weighted by atomic mass is 9.96. The Labute approximate surface area is 132 Å². The van der Waals surface area contributed by atoms with Crippen molar-refractivity contribution in [3.05, 3.63) is 59.2 Å². The molecular formula is C17H12FN5. The van der Waals surface area contributed by atoms with Gasteiger partial charge < -0.3 is 0 Å². The van der Waals surface area contributed by atoms with Gasteiger partial charge in [-0.1, -0.05) is 0 Å². The molecule has 0 fully saturated rings. The van der Waals surface area contributed by atoms with Crippen molar-refractivity contribution in [3.63, 3.8) is 0 Å². The molecule has 1 aromatic carbocycles. The zero-order valence-corrected chi connectivity index (χ0v) is 12.4. The van der Waals surface area contributed by atoms with E-state index in [1.807, 2.05) is 23.6 Å². The molecule has 0 aliphatic carbocycles. The Balaban J connectivity index is 1.90. The van der Waals surface area contributed by atoms with Crippen LogP contribution in [0.3, 0.4) is 0 Å². The molecule has 5 nitrogen and oxygen atoms in total. The predicted molar refractivity (Wildman–Crippen MR) is 81.4 cm³/mol. The number of nitriles is 1. The van der Waals surface area contributed by atoms with E-state index in [2.05, 4.69) is 15.2 Å². The molecule has 0 atom stereocenters. The molecule has 0 N–H and O–H groups in total. The van der Waals surface area contributed by atoms with Gasteiger partial charge in [-0.15, -0.1) is 10.2 Å². The quantitative estimate of drug-likeness (QED) is 0.693. The van der Waals surface area contributed by atoms with Crippen LogP contribution in [0.5, 0.6) is 0 Å². The molecule has 3 aromatic rings. The van der Waals surface area contributed by atoms with E-state index in [0.29, 0.717) is 16.7 Å². The lowest BCUT2D eigenvalue weighted by Crippen LogP contribution is -2.14. The second-order valence-corrected chi connectivity index (χ2v) is 5.53. The van der Waals surface area contributed by atoms with Crippen LogP contribution in [0.2, 0.25) is 0 Å². The molecule has 0 saturated carbocycles. The molecule has 0 bridgehead atoms. The van der Waals surface area contributed by atoms with Crippen LogP contribution in [0.25, 0.3) is 16.8 Å². The third-order valence-corrected chi connectivity index (χ3v) is 4.10. The van der Waals surface area contributed by atoms with Crippen molar-refractivity contribution in [3.8, 4) is 22.9 Å². The third-order valence-electron chi connectivity index (χ3n) is 4.10. The molecule has 0 unspecified atom stereocenters. The van der Waals surface area contributed by atoms with Crippen molar-refractivity contribution >= 4 is 0 Å². The molecule has 0 radical (unpaired) electrons. The number of benzene rings is 1. The number of hydrogen-bond acceptors (Lipinski definition) is 4. The predicted octanol–water partition coefficient (Wildman–Crippen LogP) is 2.75. The average molecular weight is 305 g/mol. The maximum atomic E-state index is 14.7. The summed E-state index contributed by atoms with van der Waals surface area (Å²) in [5.74, 6) is 1.26. The molecule has 23 heavy (non-hydrogen) atoms. The van der Waals surface area contributed by atoms with E-state index in [1.165, 1.54) is 12.3 Å². The van der Waals surface area contributed by atoms with Crippen LogP contribution in [0.15, 0.2) is 30.6 Å². The van der Waals surface area contributed by atoms with Crippen LogP contribution < -0.4 is 0 Å². The zero-order valence-electron chi connectivity index (χ0n) is 12.4. The normalized spacial score (nSPS) is 12.4. The second-order valence-electron chi connectivity index (χ2n) is 5.53. The van der Waals surface area contributed by atoms with E-state index in [0.717, 1.165) is 35.7 Å². The zero-order chi connectivity index (χ0) is 16.0. The summed E-state index contributed by atoms with van der Waals surface area (Å²) in [6.45, 7) is 1.86. The first-order valence-electron chi connectivity index (χ1n) is 7.26. The first kappa shape index (κ1) is 13.6. The second kappa shape index (κ2) is 4.99. The molecule has 0 amide bonds. The summed E-state index contributed by atoms with van der Waals surface area (Å²) in [4.78, 5) is 4.01. The monoisotopic (exact) mass is 305 g/mol. The van der Waals surface area contributed by atoms with Crippen molar-refractivity contribution in [1.29, 1.82) is 5.26 Å². The number of hydrogen-bond donors (Lipinski definition) is 0. The number of aryl methyl sites for hydroxylation is 3. The van der Waals surface area contributed by atoms with Gasteiger partial charge in [0.05, 0.1) is 11.3 Å². The van der Waals surface area contributed by atoms with Gasteiger partial charge in [0.15, 0.2) is 0 Å². The fraction of sp³-hybridized carbons (Fsp3) is 0.176. The first-order valence-corrected chi connectivity index (χ1v) is 7.26. The molecular weight excluding hydrogens is 293 g/mol. The van der Waals surface area contributed by atoms with Gasteiger partial charge in [0.2, 0.25) is 0 Å². The molecule has 0 saturated heterocycles. The molecule has 3 heterocycles. The van der Waals surface area contributed by atoms with Gasteiger partial charge in [-0.05, 0) is 37.1 Å². The smallest absolute Gasteiger partial charge is 0.137 e. The highest BCUT2D eigenvalue weighted by Crippen LogP contribution is 2.32. The van der Waals surface area contributed by atoms with E-state index in [9.17, 15) is 4.39 Å². The Bertz CT molecular complexity index is 968. The number of nitrogens with zero attached hydrogens (tertiary/aromatic N) is 5. The number of rotatable bonds is 1. The van der Waals surface area contributed by atoms with E-state index in [-0.39, 0.29) is 5.82 Å². The summed E-state index contributed by atoms with van der Waals surface area (Å²) in [6, 6.07) is 7.03. The fourth-order valence-corrected chi connectivity index (χ4v) is 3.01. The summed E-state index contributed by atoms with van der Waals surface area (Å²) in [6.07, 6.45) is 4.60. The maximum absolute atomic E-state index is 14.7. The average Bonchev–Trinajstić information content (AvgIpc) is 2.96. The Morgan fingerprint density at radius 3 is 2.87 bits per heavy atom. The van der Waals surface area contributed by atoms with Crippen molar-refractivity contribution in [1.82, 2.24) is 19.7 Å². The highest BCUT2D eigenvalue weighted by molar-refractivity contribution is 5.68. The standard InChI is InChI=1S/C17H12FN5/c1-10-21-22-17-3-2-12-5-14(15(18)6-16(12)23(10)17)13-4-11(7-19)8-20-9-13/h4-6,8-9H,2-3H2,1H3. The Kier molecular flexibility index (Phi) is 2.95. The minimum absolute atomic E-state index is 0.346. The molecule has 1 aliphatic heterocycles.